The van der Waals surface area contributed by atoms with Gasteiger partial charge in [-0.15, -0.1) is 0 Å². The molecule has 5 heteroatoms. The Balaban J connectivity index is 3.08. The molecule has 2 aromatic rings. The third-order valence-corrected chi connectivity index (χ3v) is 1.86. The highest BCUT2D eigenvalue weighted by atomic mass is 32.1. The highest BCUT2D eigenvalue weighted by molar-refractivity contribution is 7.71. The van der Waals surface area contributed by atoms with Crippen LogP contribution in [0.15, 0.2) is 10.9 Å². The largest absolute Gasteiger partial charge is 0.353 e. The van der Waals surface area contributed by atoms with Crippen molar-refractivity contribution in [3.8, 4) is 0 Å². The van der Waals surface area contributed by atoms with Crippen LogP contribution in [0.5, 0.6) is 0 Å². The van der Waals surface area contributed by atoms with Crippen molar-refractivity contribution in [2.45, 2.75) is 6.92 Å². The predicted octanol–water partition coefficient (Wildman–Crippen LogP) is 1.22. The lowest BCUT2D eigenvalue weighted by Crippen LogP contribution is -2.07. The lowest BCUT2D eigenvalue weighted by atomic mass is 10.4. The van der Waals surface area contributed by atoms with E-state index in [-0.39, 0.29) is 5.56 Å². The maximum atomic E-state index is 11.2. The molecule has 0 spiro atoms. The van der Waals surface area contributed by atoms with Crippen LogP contribution in [-0.2, 0) is 0 Å². The zero-order valence-corrected chi connectivity index (χ0v) is 7.21. The van der Waals surface area contributed by atoms with E-state index in [0.717, 1.165) is 11.2 Å². The summed E-state index contributed by atoms with van der Waals surface area (Å²) in [5.74, 6) is 0. The SMILES string of the molecule is Cc1cc2[nH]c(=S)[nH]c(=O)c2[nH]1. The number of rotatable bonds is 0. The first-order chi connectivity index (χ1) is 5.66. The van der Waals surface area contributed by atoms with Gasteiger partial charge in [-0.1, -0.05) is 0 Å². The third kappa shape index (κ3) is 0.984. The van der Waals surface area contributed by atoms with E-state index in [1.165, 1.54) is 0 Å². The fraction of sp³-hybridized carbons (Fsp3) is 0.143. The summed E-state index contributed by atoms with van der Waals surface area (Å²) in [6, 6.07) is 1.85. The highest BCUT2D eigenvalue weighted by Gasteiger charge is 2.00. The van der Waals surface area contributed by atoms with Gasteiger partial charge < -0.3 is 9.97 Å². The smallest absolute Gasteiger partial charge is 0.275 e. The molecule has 0 atom stereocenters. The average molecular weight is 181 g/mol. The summed E-state index contributed by atoms with van der Waals surface area (Å²) in [4.78, 5) is 19.6. The molecular formula is C7H7N3OS. The van der Waals surface area contributed by atoms with Crippen LogP contribution in [0.25, 0.3) is 11.0 Å². The minimum Gasteiger partial charge on any atom is -0.353 e. The maximum absolute atomic E-state index is 11.2. The van der Waals surface area contributed by atoms with Gasteiger partial charge in [-0.3, -0.25) is 9.78 Å². The molecule has 12 heavy (non-hydrogen) atoms. The first-order valence-electron chi connectivity index (χ1n) is 3.49. The number of fused-ring (bicyclic) bond motifs is 1. The minimum atomic E-state index is -0.179. The molecule has 2 heterocycles. The van der Waals surface area contributed by atoms with E-state index < -0.39 is 0 Å². The van der Waals surface area contributed by atoms with E-state index in [0.29, 0.717) is 10.3 Å². The molecule has 0 aromatic carbocycles. The summed E-state index contributed by atoms with van der Waals surface area (Å²) in [5.41, 5.74) is 2.05. The van der Waals surface area contributed by atoms with Crippen LogP contribution in [0.1, 0.15) is 5.69 Å². The van der Waals surface area contributed by atoms with Crippen molar-refractivity contribution in [3.05, 3.63) is 26.9 Å². The summed E-state index contributed by atoms with van der Waals surface area (Å²) in [7, 11) is 0. The molecule has 4 nitrogen and oxygen atoms in total. The van der Waals surface area contributed by atoms with E-state index in [4.69, 9.17) is 12.2 Å². The van der Waals surface area contributed by atoms with Crippen molar-refractivity contribution in [2.75, 3.05) is 0 Å². The molecule has 0 unspecified atom stereocenters. The number of hydrogen-bond acceptors (Lipinski definition) is 2. The molecule has 0 bridgehead atoms. The first kappa shape index (κ1) is 7.30. The second-order valence-electron chi connectivity index (χ2n) is 2.65. The lowest BCUT2D eigenvalue weighted by molar-refractivity contribution is 1.13. The summed E-state index contributed by atoms with van der Waals surface area (Å²) in [6.07, 6.45) is 0. The van der Waals surface area contributed by atoms with E-state index in [9.17, 15) is 4.79 Å². The summed E-state index contributed by atoms with van der Waals surface area (Å²) >= 11 is 4.81. The number of hydrogen-bond donors (Lipinski definition) is 3. The van der Waals surface area contributed by atoms with Gasteiger partial charge in [-0.25, -0.2) is 0 Å². The minimum absolute atomic E-state index is 0.179. The highest BCUT2D eigenvalue weighted by Crippen LogP contribution is 2.06. The van der Waals surface area contributed by atoms with Crippen LogP contribution >= 0.6 is 12.2 Å². The molecule has 2 aromatic heterocycles. The van der Waals surface area contributed by atoms with Crippen LogP contribution in [0, 0.1) is 11.7 Å². The molecule has 0 fully saturated rings. The van der Waals surface area contributed by atoms with Crippen molar-refractivity contribution in [1.29, 1.82) is 0 Å². The van der Waals surface area contributed by atoms with Crippen molar-refractivity contribution < 1.29 is 0 Å². The topological polar surface area (TPSA) is 64.4 Å². The molecule has 0 radical (unpaired) electrons. The number of H-pyrrole nitrogens is 3. The molecule has 0 saturated carbocycles. The first-order valence-corrected chi connectivity index (χ1v) is 3.89. The fourth-order valence-electron chi connectivity index (χ4n) is 1.19. The molecule has 0 aliphatic carbocycles. The van der Waals surface area contributed by atoms with E-state index in [1.807, 2.05) is 13.0 Å². The van der Waals surface area contributed by atoms with Gasteiger partial charge in [0.15, 0.2) is 4.77 Å². The molecule has 0 aliphatic heterocycles. The van der Waals surface area contributed by atoms with Crippen molar-refractivity contribution in [2.24, 2.45) is 0 Å². The summed E-state index contributed by atoms with van der Waals surface area (Å²) in [6.45, 7) is 1.89. The van der Waals surface area contributed by atoms with Crippen molar-refractivity contribution >= 4 is 23.3 Å². The Morgan fingerprint density at radius 1 is 1.33 bits per heavy atom. The quantitative estimate of drug-likeness (QED) is 0.535. The van der Waals surface area contributed by atoms with Gasteiger partial charge in [0.25, 0.3) is 5.56 Å². The second-order valence-corrected chi connectivity index (χ2v) is 3.06. The standard InChI is InChI=1S/C7H7N3OS/c1-3-2-4-5(8-3)6(11)10-7(12)9-4/h2,8H,1H3,(H2,9,10,11,12). The van der Waals surface area contributed by atoms with E-state index in [2.05, 4.69) is 15.0 Å². The van der Waals surface area contributed by atoms with Crippen LogP contribution in [-0.4, -0.2) is 15.0 Å². The van der Waals surface area contributed by atoms with Crippen molar-refractivity contribution in [1.82, 2.24) is 15.0 Å². The zero-order chi connectivity index (χ0) is 8.72. The zero-order valence-electron chi connectivity index (χ0n) is 6.39. The van der Waals surface area contributed by atoms with Crippen LogP contribution in [0.3, 0.4) is 0 Å². The van der Waals surface area contributed by atoms with Gasteiger partial charge in [0, 0.05) is 5.69 Å². The number of nitrogens with one attached hydrogen (secondary N) is 3. The van der Waals surface area contributed by atoms with E-state index in [1.54, 1.807) is 0 Å². The molecule has 0 amide bonds. The summed E-state index contributed by atoms with van der Waals surface area (Å²) < 4.78 is 0.353. The van der Waals surface area contributed by atoms with E-state index >= 15 is 0 Å². The van der Waals surface area contributed by atoms with Crippen LogP contribution in [0.4, 0.5) is 0 Å². The fourth-order valence-corrected chi connectivity index (χ4v) is 1.39. The maximum Gasteiger partial charge on any atom is 0.275 e. The van der Waals surface area contributed by atoms with Gasteiger partial charge in [0.1, 0.15) is 5.52 Å². The molecular weight excluding hydrogens is 174 g/mol. The van der Waals surface area contributed by atoms with Gasteiger partial charge in [-0.05, 0) is 25.2 Å². The van der Waals surface area contributed by atoms with Crippen LogP contribution < -0.4 is 5.56 Å². The third-order valence-electron chi connectivity index (χ3n) is 1.65. The predicted molar refractivity (Wildman–Crippen MR) is 48.8 cm³/mol. The van der Waals surface area contributed by atoms with Gasteiger partial charge >= 0.3 is 0 Å². The molecule has 2 rings (SSSR count). The molecule has 0 saturated heterocycles. The molecule has 0 aliphatic rings. The van der Waals surface area contributed by atoms with Crippen LogP contribution in [0.2, 0.25) is 0 Å². The Hall–Kier alpha value is -1.36. The number of aryl methyl sites for hydroxylation is 1. The Labute approximate surface area is 72.6 Å². The van der Waals surface area contributed by atoms with Crippen molar-refractivity contribution in [3.63, 3.8) is 0 Å². The summed E-state index contributed by atoms with van der Waals surface area (Å²) in [5, 5.41) is 0. The monoisotopic (exact) mass is 181 g/mol. The number of aromatic nitrogens is 3. The Morgan fingerprint density at radius 2 is 2.08 bits per heavy atom. The molecule has 3 N–H and O–H groups in total. The second kappa shape index (κ2) is 2.31. The van der Waals surface area contributed by atoms with Gasteiger partial charge in [0.2, 0.25) is 0 Å². The Kier molecular flexibility index (Phi) is 1.41. The van der Waals surface area contributed by atoms with Gasteiger partial charge in [-0.2, -0.15) is 0 Å². The number of aromatic amines is 3. The molecule has 62 valence electrons. The Bertz CT molecular complexity index is 533. The normalized spacial score (nSPS) is 10.8. The lowest BCUT2D eigenvalue weighted by Gasteiger charge is -1.87. The average Bonchev–Trinajstić information content (AvgIpc) is 2.29. The Morgan fingerprint density at radius 3 is 2.83 bits per heavy atom. The van der Waals surface area contributed by atoms with Gasteiger partial charge in [0.05, 0.1) is 5.52 Å².